The van der Waals surface area contributed by atoms with Gasteiger partial charge in [0.05, 0.1) is 25.4 Å². The standard InChI is InChI=1S/C18H36N4O3.HI/c1-3-19-17(20-7-4-10-25-13-16-5-6-16)21-14-18(2,23)15-22-8-11-24-12-9-22;/h16,23H,3-15H2,1-2H3,(H2,19,20,21);1H. The zero-order valence-corrected chi connectivity index (χ0v) is 18.7. The second kappa shape index (κ2) is 13.1. The Hall–Kier alpha value is -0.160. The topological polar surface area (TPSA) is 78.4 Å². The highest BCUT2D eigenvalue weighted by atomic mass is 127. The third-order valence-electron chi connectivity index (χ3n) is 4.40. The van der Waals surface area contributed by atoms with Crippen LogP contribution in [0, 0.1) is 5.92 Å². The van der Waals surface area contributed by atoms with Crippen molar-refractivity contribution in [2.75, 3.05) is 65.7 Å². The van der Waals surface area contributed by atoms with Crippen molar-refractivity contribution in [3.63, 3.8) is 0 Å². The summed E-state index contributed by atoms with van der Waals surface area (Å²) in [6, 6.07) is 0. The van der Waals surface area contributed by atoms with E-state index in [1.807, 2.05) is 13.8 Å². The number of nitrogens with zero attached hydrogens (tertiary/aromatic N) is 2. The van der Waals surface area contributed by atoms with Gasteiger partial charge in [0, 0.05) is 45.9 Å². The van der Waals surface area contributed by atoms with Crippen molar-refractivity contribution in [1.82, 2.24) is 15.5 Å². The molecule has 1 aliphatic heterocycles. The lowest BCUT2D eigenvalue weighted by molar-refractivity contribution is -0.0180. The molecule has 1 heterocycles. The predicted molar refractivity (Wildman–Crippen MR) is 115 cm³/mol. The van der Waals surface area contributed by atoms with E-state index in [1.165, 1.54) is 12.8 Å². The number of ether oxygens (including phenoxy) is 2. The van der Waals surface area contributed by atoms with Gasteiger partial charge in [0.2, 0.25) is 0 Å². The van der Waals surface area contributed by atoms with Gasteiger partial charge in [0.1, 0.15) is 0 Å². The summed E-state index contributed by atoms with van der Waals surface area (Å²) in [7, 11) is 0. The van der Waals surface area contributed by atoms with E-state index in [0.717, 1.165) is 70.9 Å². The smallest absolute Gasteiger partial charge is 0.191 e. The minimum Gasteiger partial charge on any atom is -0.387 e. The Labute approximate surface area is 175 Å². The SMILES string of the molecule is CCNC(=NCC(C)(O)CN1CCOCC1)NCCCOCC1CC1.I. The first-order chi connectivity index (χ1) is 12.1. The molecule has 0 aromatic rings. The van der Waals surface area contributed by atoms with Crippen molar-refractivity contribution >= 4 is 29.9 Å². The molecule has 8 heteroatoms. The lowest BCUT2D eigenvalue weighted by Crippen LogP contribution is -2.48. The molecule has 26 heavy (non-hydrogen) atoms. The van der Waals surface area contributed by atoms with Crippen LogP contribution in [0.15, 0.2) is 4.99 Å². The zero-order valence-electron chi connectivity index (χ0n) is 16.3. The molecule has 0 aromatic carbocycles. The Morgan fingerprint density at radius 1 is 1.31 bits per heavy atom. The molecule has 2 aliphatic rings. The molecule has 154 valence electrons. The predicted octanol–water partition coefficient (Wildman–Crippen LogP) is 1.06. The first-order valence-electron chi connectivity index (χ1n) is 9.71. The van der Waals surface area contributed by atoms with Crippen molar-refractivity contribution in [1.29, 1.82) is 0 Å². The third-order valence-corrected chi connectivity index (χ3v) is 4.40. The third kappa shape index (κ3) is 10.9. The number of nitrogens with one attached hydrogen (secondary N) is 2. The fraction of sp³-hybridized carbons (Fsp3) is 0.944. The van der Waals surface area contributed by atoms with Crippen LogP contribution in [0.3, 0.4) is 0 Å². The van der Waals surface area contributed by atoms with Gasteiger partial charge in [-0.15, -0.1) is 24.0 Å². The molecular weight excluding hydrogens is 447 g/mol. The largest absolute Gasteiger partial charge is 0.387 e. The minimum atomic E-state index is -0.840. The Bertz CT molecular complexity index is 400. The monoisotopic (exact) mass is 484 g/mol. The first-order valence-corrected chi connectivity index (χ1v) is 9.71. The summed E-state index contributed by atoms with van der Waals surface area (Å²) in [6.45, 7) is 11.4. The van der Waals surface area contributed by atoms with Gasteiger partial charge in [-0.3, -0.25) is 9.89 Å². The Kier molecular flexibility index (Phi) is 12.0. The molecule has 1 saturated carbocycles. The highest BCUT2D eigenvalue weighted by molar-refractivity contribution is 14.0. The molecule has 1 atom stereocenters. The van der Waals surface area contributed by atoms with E-state index >= 15 is 0 Å². The van der Waals surface area contributed by atoms with E-state index in [9.17, 15) is 5.11 Å². The molecular formula is C18H37IN4O3. The lowest BCUT2D eigenvalue weighted by Gasteiger charge is -2.33. The maximum absolute atomic E-state index is 10.6. The number of guanidine groups is 1. The Balaban J connectivity index is 0.00000338. The second-order valence-corrected chi connectivity index (χ2v) is 7.38. The second-order valence-electron chi connectivity index (χ2n) is 7.38. The van der Waals surface area contributed by atoms with E-state index in [1.54, 1.807) is 0 Å². The van der Waals surface area contributed by atoms with Crippen molar-refractivity contribution in [3.8, 4) is 0 Å². The van der Waals surface area contributed by atoms with E-state index < -0.39 is 5.60 Å². The van der Waals surface area contributed by atoms with Crippen LogP contribution >= 0.6 is 24.0 Å². The fourth-order valence-electron chi connectivity index (χ4n) is 2.80. The van der Waals surface area contributed by atoms with Gasteiger partial charge in [-0.1, -0.05) is 0 Å². The molecule has 0 aromatic heterocycles. The van der Waals surface area contributed by atoms with Crippen LogP contribution in [0.25, 0.3) is 0 Å². The van der Waals surface area contributed by atoms with Crippen LogP contribution < -0.4 is 10.6 Å². The van der Waals surface area contributed by atoms with E-state index in [-0.39, 0.29) is 24.0 Å². The van der Waals surface area contributed by atoms with E-state index in [0.29, 0.717) is 13.1 Å². The Morgan fingerprint density at radius 2 is 2.04 bits per heavy atom. The molecule has 1 aliphatic carbocycles. The molecule has 2 rings (SSSR count). The quantitative estimate of drug-likeness (QED) is 0.176. The Morgan fingerprint density at radius 3 is 2.69 bits per heavy atom. The van der Waals surface area contributed by atoms with Gasteiger partial charge in [-0.25, -0.2) is 0 Å². The maximum atomic E-state index is 10.6. The molecule has 2 fully saturated rings. The minimum absolute atomic E-state index is 0. The van der Waals surface area contributed by atoms with Gasteiger partial charge >= 0.3 is 0 Å². The summed E-state index contributed by atoms with van der Waals surface area (Å²) < 4.78 is 11.0. The summed E-state index contributed by atoms with van der Waals surface area (Å²) >= 11 is 0. The van der Waals surface area contributed by atoms with Gasteiger partial charge in [0.15, 0.2) is 5.96 Å². The number of aliphatic hydroxyl groups is 1. The number of hydrogen-bond acceptors (Lipinski definition) is 5. The molecule has 1 unspecified atom stereocenters. The van der Waals surface area contributed by atoms with Crippen molar-refractivity contribution in [2.45, 2.75) is 38.7 Å². The van der Waals surface area contributed by atoms with Gasteiger partial charge < -0.3 is 25.2 Å². The number of rotatable bonds is 11. The van der Waals surface area contributed by atoms with Crippen LogP contribution in [-0.2, 0) is 9.47 Å². The summed E-state index contributed by atoms with van der Waals surface area (Å²) in [5.74, 6) is 1.58. The number of β-amino-alcohol motifs (C(OH)–C–C–N with tert-alkyl or cyclic N) is 1. The highest BCUT2D eigenvalue weighted by Gasteiger charge is 2.25. The summed E-state index contributed by atoms with van der Waals surface area (Å²) in [6.07, 6.45) is 3.63. The summed E-state index contributed by atoms with van der Waals surface area (Å²) in [5.41, 5.74) is -0.840. The number of hydrogen-bond donors (Lipinski definition) is 3. The molecule has 3 N–H and O–H groups in total. The highest BCUT2D eigenvalue weighted by Crippen LogP contribution is 2.28. The number of aliphatic imine (C=N–C) groups is 1. The number of morpholine rings is 1. The van der Waals surface area contributed by atoms with Crippen molar-refractivity contribution < 1.29 is 14.6 Å². The summed E-state index contributed by atoms with van der Waals surface area (Å²) in [4.78, 5) is 6.79. The van der Waals surface area contributed by atoms with Gasteiger partial charge in [-0.05, 0) is 39.0 Å². The molecule has 0 spiro atoms. The van der Waals surface area contributed by atoms with Gasteiger partial charge in [-0.2, -0.15) is 0 Å². The van der Waals surface area contributed by atoms with E-state index in [4.69, 9.17) is 9.47 Å². The molecule has 0 radical (unpaired) electrons. The van der Waals surface area contributed by atoms with Crippen LogP contribution in [0.1, 0.15) is 33.1 Å². The average Bonchev–Trinajstić information content (AvgIpc) is 3.40. The fourth-order valence-corrected chi connectivity index (χ4v) is 2.80. The van der Waals surface area contributed by atoms with Crippen LogP contribution in [0.4, 0.5) is 0 Å². The molecule has 0 amide bonds. The molecule has 1 saturated heterocycles. The van der Waals surface area contributed by atoms with Crippen LogP contribution in [0.5, 0.6) is 0 Å². The number of halogens is 1. The normalized spacial score (nSPS) is 21.0. The lowest BCUT2D eigenvalue weighted by atomic mass is 10.1. The van der Waals surface area contributed by atoms with Crippen LogP contribution in [0.2, 0.25) is 0 Å². The van der Waals surface area contributed by atoms with E-state index in [2.05, 4.69) is 20.5 Å². The zero-order chi connectivity index (χ0) is 18.0. The maximum Gasteiger partial charge on any atom is 0.191 e. The molecule has 0 bridgehead atoms. The summed E-state index contributed by atoms with van der Waals surface area (Å²) in [5, 5.41) is 17.2. The average molecular weight is 484 g/mol. The van der Waals surface area contributed by atoms with Crippen molar-refractivity contribution in [3.05, 3.63) is 0 Å². The van der Waals surface area contributed by atoms with Crippen LogP contribution in [-0.4, -0.2) is 87.3 Å². The molecule has 7 nitrogen and oxygen atoms in total. The first kappa shape index (κ1) is 23.9. The van der Waals surface area contributed by atoms with Crippen molar-refractivity contribution in [2.24, 2.45) is 10.9 Å². The van der Waals surface area contributed by atoms with Gasteiger partial charge in [0.25, 0.3) is 0 Å².